The standard InChI is InChI=1S/C28H38FN7O3/c1-19(2)15-25-34-26(35-39-25)21-17-32-28(33-18-21)36-12-8-20(9-13-36)5-4-10-30-22-6-7-23(24(29)16-22)27(37)31-11-14-38-3/h6-7,16-20,30H,4-5,8-15H2,1-3H3,(H,31,37). The van der Waals surface area contributed by atoms with Gasteiger partial charge in [-0.15, -0.1) is 0 Å². The molecule has 1 aliphatic heterocycles. The number of amides is 1. The first-order chi connectivity index (χ1) is 18.9. The Balaban J connectivity index is 1.16. The zero-order valence-corrected chi connectivity index (χ0v) is 23.0. The maximum atomic E-state index is 14.4. The molecule has 0 spiro atoms. The number of nitrogens with zero attached hydrogens (tertiary/aromatic N) is 5. The van der Waals surface area contributed by atoms with Crippen molar-refractivity contribution < 1.29 is 18.4 Å². The van der Waals surface area contributed by atoms with Crippen LogP contribution in [0.1, 0.15) is 55.8 Å². The van der Waals surface area contributed by atoms with Gasteiger partial charge >= 0.3 is 0 Å². The van der Waals surface area contributed by atoms with Crippen LogP contribution in [0.15, 0.2) is 35.1 Å². The maximum absolute atomic E-state index is 14.4. The van der Waals surface area contributed by atoms with Crippen molar-refractivity contribution in [3.63, 3.8) is 0 Å². The second-order valence-electron chi connectivity index (χ2n) is 10.3. The van der Waals surface area contributed by atoms with Crippen LogP contribution in [-0.4, -0.2) is 65.9 Å². The number of rotatable bonds is 13. The second kappa shape index (κ2) is 14.0. The van der Waals surface area contributed by atoms with Crippen LogP contribution in [0.25, 0.3) is 11.4 Å². The van der Waals surface area contributed by atoms with E-state index < -0.39 is 11.7 Å². The second-order valence-corrected chi connectivity index (χ2v) is 10.3. The van der Waals surface area contributed by atoms with E-state index in [4.69, 9.17) is 9.26 Å². The first-order valence-corrected chi connectivity index (χ1v) is 13.6. The summed E-state index contributed by atoms with van der Waals surface area (Å²) >= 11 is 0. The predicted molar refractivity (Wildman–Crippen MR) is 147 cm³/mol. The van der Waals surface area contributed by atoms with Crippen LogP contribution < -0.4 is 15.5 Å². The molecule has 1 aliphatic rings. The van der Waals surface area contributed by atoms with Gasteiger partial charge in [-0.1, -0.05) is 19.0 Å². The zero-order valence-electron chi connectivity index (χ0n) is 23.0. The topological polar surface area (TPSA) is 118 Å². The number of aromatic nitrogens is 4. The van der Waals surface area contributed by atoms with E-state index in [1.54, 1.807) is 25.6 Å². The third-order valence-electron chi connectivity index (χ3n) is 6.77. The number of carbonyl (C=O) groups is 1. The van der Waals surface area contributed by atoms with Gasteiger partial charge in [0.15, 0.2) is 0 Å². The largest absolute Gasteiger partial charge is 0.385 e. The van der Waals surface area contributed by atoms with Crippen LogP contribution in [0.4, 0.5) is 16.0 Å². The van der Waals surface area contributed by atoms with Crippen molar-refractivity contribution in [2.24, 2.45) is 11.8 Å². The molecule has 210 valence electrons. The quantitative estimate of drug-likeness (QED) is 0.306. The lowest BCUT2D eigenvalue weighted by atomic mass is 9.92. The number of hydrogen-bond acceptors (Lipinski definition) is 9. The van der Waals surface area contributed by atoms with Gasteiger partial charge in [-0.2, -0.15) is 4.98 Å². The summed E-state index contributed by atoms with van der Waals surface area (Å²) in [6.45, 7) is 7.52. The van der Waals surface area contributed by atoms with E-state index in [0.717, 1.165) is 63.3 Å². The molecule has 0 bridgehead atoms. The van der Waals surface area contributed by atoms with Crippen LogP contribution in [0.2, 0.25) is 0 Å². The molecule has 2 N–H and O–H groups in total. The highest BCUT2D eigenvalue weighted by atomic mass is 19.1. The number of piperidine rings is 1. The minimum atomic E-state index is -0.536. The summed E-state index contributed by atoms with van der Waals surface area (Å²) in [7, 11) is 1.55. The molecule has 1 saturated heterocycles. The first kappa shape index (κ1) is 28.4. The molecule has 10 nitrogen and oxygen atoms in total. The SMILES string of the molecule is COCCNC(=O)c1ccc(NCCCC2CCN(c3ncc(-c4noc(CC(C)C)n4)cn3)CC2)cc1F. The van der Waals surface area contributed by atoms with E-state index in [1.165, 1.54) is 12.1 Å². The summed E-state index contributed by atoms with van der Waals surface area (Å²) in [4.78, 5) is 27.8. The smallest absolute Gasteiger partial charge is 0.254 e. The Morgan fingerprint density at radius 3 is 2.67 bits per heavy atom. The highest BCUT2D eigenvalue weighted by molar-refractivity contribution is 5.94. The fraction of sp³-hybridized carbons (Fsp3) is 0.536. The monoisotopic (exact) mass is 539 g/mol. The molecule has 3 heterocycles. The Morgan fingerprint density at radius 2 is 1.97 bits per heavy atom. The van der Waals surface area contributed by atoms with Crippen LogP contribution in [0, 0.1) is 17.7 Å². The molecular formula is C28H38FN7O3. The number of nitrogens with one attached hydrogen (secondary N) is 2. The van der Waals surface area contributed by atoms with Crippen LogP contribution in [0.5, 0.6) is 0 Å². The summed E-state index contributed by atoms with van der Waals surface area (Å²) < 4.78 is 24.6. The number of benzene rings is 1. The van der Waals surface area contributed by atoms with E-state index in [0.29, 0.717) is 42.4 Å². The van der Waals surface area contributed by atoms with Crippen molar-refractivity contribution >= 4 is 17.5 Å². The highest BCUT2D eigenvalue weighted by Gasteiger charge is 2.21. The van der Waals surface area contributed by atoms with Gasteiger partial charge < -0.3 is 24.8 Å². The van der Waals surface area contributed by atoms with Gasteiger partial charge in [0.05, 0.1) is 17.7 Å². The van der Waals surface area contributed by atoms with Crippen LogP contribution >= 0.6 is 0 Å². The third kappa shape index (κ3) is 8.19. The Kier molecular flexibility index (Phi) is 10.2. The van der Waals surface area contributed by atoms with Gasteiger partial charge in [0.1, 0.15) is 5.82 Å². The Hall–Kier alpha value is -3.60. The number of carbonyl (C=O) groups excluding carboxylic acids is 1. The normalized spacial score (nSPS) is 14.1. The van der Waals surface area contributed by atoms with Crippen molar-refractivity contribution in [3.05, 3.63) is 47.9 Å². The van der Waals surface area contributed by atoms with Gasteiger partial charge in [0.25, 0.3) is 5.91 Å². The van der Waals surface area contributed by atoms with Crippen molar-refractivity contribution in [2.75, 3.05) is 50.1 Å². The summed E-state index contributed by atoms with van der Waals surface area (Å²) in [6, 6.07) is 4.62. The van der Waals surface area contributed by atoms with Crippen molar-refractivity contribution in [3.8, 4) is 11.4 Å². The molecule has 3 aromatic rings. The molecule has 39 heavy (non-hydrogen) atoms. The van der Waals surface area contributed by atoms with E-state index in [1.807, 2.05) is 0 Å². The average Bonchev–Trinajstić information content (AvgIpc) is 3.39. The minimum absolute atomic E-state index is 0.0348. The first-order valence-electron chi connectivity index (χ1n) is 13.6. The maximum Gasteiger partial charge on any atom is 0.254 e. The van der Waals surface area contributed by atoms with Gasteiger partial charge in [-0.05, 0) is 55.7 Å². The lowest BCUT2D eigenvalue weighted by Crippen LogP contribution is -2.34. The van der Waals surface area contributed by atoms with E-state index in [9.17, 15) is 9.18 Å². The van der Waals surface area contributed by atoms with Crippen molar-refractivity contribution in [1.29, 1.82) is 0 Å². The lowest BCUT2D eigenvalue weighted by molar-refractivity contribution is 0.0933. The Labute approximate surface area is 228 Å². The highest BCUT2D eigenvalue weighted by Crippen LogP contribution is 2.25. The van der Waals surface area contributed by atoms with E-state index >= 15 is 0 Å². The van der Waals surface area contributed by atoms with Crippen molar-refractivity contribution in [2.45, 2.75) is 46.0 Å². The molecule has 4 rings (SSSR count). The molecule has 1 aromatic carbocycles. The van der Waals surface area contributed by atoms with Gasteiger partial charge in [-0.25, -0.2) is 14.4 Å². The third-order valence-corrected chi connectivity index (χ3v) is 6.77. The molecule has 0 radical (unpaired) electrons. The van der Waals surface area contributed by atoms with Crippen LogP contribution in [0.3, 0.4) is 0 Å². The lowest BCUT2D eigenvalue weighted by Gasteiger charge is -2.32. The number of ether oxygens (including phenoxy) is 1. The molecule has 11 heteroatoms. The molecule has 2 aromatic heterocycles. The molecule has 0 saturated carbocycles. The average molecular weight is 540 g/mol. The van der Waals surface area contributed by atoms with Crippen molar-refractivity contribution in [1.82, 2.24) is 25.4 Å². The van der Waals surface area contributed by atoms with Crippen LogP contribution in [-0.2, 0) is 11.2 Å². The number of halogens is 1. The molecule has 1 fully saturated rings. The number of anilines is 2. The Bertz CT molecular complexity index is 1190. The minimum Gasteiger partial charge on any atom is -0.385 e. The predicted octanol–water partition coefficient (Wildman–Crippen LogP) is 4.35. The summed E-state index contributed by atoms with van der Waals surface area (Å²) in [5, 5.41) is 9.95. The molecule has 1 amide bonds. The van der Waals surface area contributed by atoms with Gasteiger partial charge in [-0.3, -0.25) is 4.79 Å². The zero-order chi connectivity index (χ0) is 27.6. The summed E-state index contributed by atoms with van der Waals surface area (Å²) in [5.41, 5.74) is 1.46. The molecule has 0 unspecified atom stereocenters. The number of methoxy groups -OCH3 is 1. The molecular weight excluding hydrogens is 501 g/mol. The fourth-order valence-electron chi connectivity index (χ4n) is 4.62. The molecule has 0 atom stereocenters. The summed E-state index contributed by atoms with van der Waals surface area (Å²) in [6.07, 6.45) is 8.51. The fourth-order valence-corrected chi connectivity index (χ4v) is 4.62. The van der Waals surface area contributed by atoms with Gasteiger partial charge in [0.2, 0.25) is 17.7 Å². The van der Waals surface area contributed by atoms with Gasteiger partial charge in [0, 0.05) is 57.8 Å². The summed E-state index contributed by atoms with van der Waals surface area (Å²) in [5.74, 6) is 1.98. The molecule has 0 aliphatic carbocycles. The number of hydrogen-bond donors (Lipinski definition) is 2. The van der Waals surface area contributed by atoms with E-state index in [2.05, 4.69) is 49.5 Å². The Morgan fingerprint density at radius 1 is 1.21 bits per heavy atom. The van der Waals surface area contributed by atoms with E-state index in [-0.39, 0.29) is 5.56 Å².